The van der Waals surface area contributed by atoms with Crippen LogP contribution in [0.2, 0.25) is 5.02 Å². The quantitative estimate of drug-likeness (QED) is 0.282. The molecule has 1 saturated heterocycles. The topological polar surface area (TPSA) is 42.3 Å². The van der Waals surface area contributed by atoms with Crippen molar-refractivity contribution in [2.75, 3.05) is 0 Å². The molecule has 7 heteroatoms. The summed E-state index contributed by atoms with van der Waals surface area (Å²) < 4.78 is 15.6. The molecule has 4 nitrogen and oxygen atoms in total. The van der Waals surface area contributed by atoms with E-state index in [1.807, 2.05) is 43.3 Å². The maximum Gasteiger partial charge on any atom is 0.293 e. The highest BCUT2D eigenvalue weighted by atomic mass is 35.5. The summed E-state index contributed by atoms with van der Waals surface area (Å²) in [6, 6.07) is 22.2. The van der Waals surface area contributed by atoms with Gasteiger partial charge in [0.15, 0.2) is 0 Å². The number of imide groups is 1. The molecule has 0 N–H and O–H groups in total. The van der Waals surface area contributed by atoms with Crippen molar-refractivity contribution in [2.45, 2.75) is 20.0 Å². The van der Waals surface area contributed by atoms with E-state index in [-0.39, 0.29) is 22.7 Å². The van der Waals surface area contributed by atoms with E-state index < -0.39 is 5.82 Å². The molecule has 0 bridgehead atoms. The van der Waals surface area contributed by atoms with Crippen LogP contribution in [0.25, 0.3) is 17.0 Å². The minimum atomic E-state index is -0.467. The van der Waals surface area contributed by atoms with Crippen LogP contribution in [-0.4, -0.2) is 20.6 Å². The highest BCUT2D eigenvalue weighted by Crippen LogP contribution is 2.37. The van der Waals surface area contributed by atoms with Crippen LogP contribution in [-0.2, 0) is 17.9 Å². The van der Waals surface area contributed by atoms with E-state index in [0.29, 0.717) is 17.0 Å². The lowest BCUT2D eigenvalue weighted by Crippen LogP contribution is -2.27. The van der Waals surface area contributed by atoms with Crippen molar-refractivity contribution in [2.24, 2.45) is 0 Å². The molecule has 34 heavy (non-hydrogen) atoms. The number of hydrogen-bond donors (Lipinski definition) is 0. The average Bonchev–Trinajstić information content (AvgIpc) is 3.24. The first-order valence-electron chi connectivity index (χ1n) is 10.7. The maximum absolute atomic E-state index is 13.4. The van der Waals surface area contributed by atoms with Crippen molar-refractivity contribution in [3.05, 3.63) is 111 Å². The molecule has 0 unspecified atom stereocenters. The van der Waals surface area contributed by atoms with Gasteiger partial charge in [-0.25, -0.2) is 4.39 Å². The number of halogens is 2. The molecular weight excluding hydrogens is 471 g/mol. The Bertz CT molecular complexity index is 1460. The van der Waals surface area contributed by atoms with Crippen LogP contribution in [0.4, 0.5) is 9.18 Å². The molecule has 0 aliphatic carbocycles. The molecule has 170 valence electrons. The lowest BCUT2D eigenvalue weighted by Gasteiger charge is -2.13. The summed E-state index contributed by atoms with van der Waals surface area (Å²) in [7, 11) is 0. The predicted molar refractivity (Wildman–Crippen MR) is 135 cm³/mol. The van der Waals surface area contributed by atoms with Gasteiger partial charge in [-0.2, -0.15) is 0 Å². The van der Waals surface area contributed by atoms with Crippen molar-refractivity contribution in [3.63, 3.8) is 0 Å². The van der Waals surface area contributed by atoms with Crippen molar-refractivity contribution in [1.82, 2.24) is 9.47 Å². The summed E-state index contributed by atoms with van der Waals surface area (Å²) in [5.74, 6) is -0.847. The second-order valence-corrected chi connectivity index (χ2v) is 9.49. The van der Waals surface area contributed by atoms with Crippen LogP contribution >= 0.6 is 23.4 Å². The minimum absolute atomic E-state index is 0.00410. The third kappa shape index (κ3) is 4.15. The number of carbonyl (C=O) groups is 2. The number of amides is 2. The molecule has 5 rings (SSSR count). The van der Waals surface area contributed by atoms with Crippen LogP contribution in [0.15, 0.2) is 77.7 Å². The Labute approximate surface area is 205 Å². The van der Waals surface area contributed by atoms with Gasteiger partial charge in [-0.1, -0.05) is 66.2 Å². The normalized spacial score (nSPS) is 15.1. The second-order valence-electron chi connectivity index (χ2n) is 8.09. The van der Waals surface area contributed by atoms with Gasteiger partial charge in [-0.3, -0.25) is 14.5 Å². The number of benzene rings is 3. The molecule has 4 aromatic rings. The Hall–Kier alpha value is -3.35. The van der Waals surface area contributed by atoms with Crippen molar-refractivity contribution in [1.29, 1.82) is 0 Å². The van der Waals surface area contributed by atoms with Crippen LogP contribution in [0.5, 0.6) is 0 Å². The van der Waals surface area contributed by atoms with E-state index in [2.05, 4.69) is 22.8 Å². The molecule has 2 amide bonds. The van der Waals surface area contributed by atoms with Gasteiger partial charge in [0, 0.05) is 33.7 Å². The largest absolute Gasteiger partial charge is 0.340 e. The van der Waals surface area contributed by atoms with E-state index >= 15 is 0 Å². The number of para-hydroxylation sites is 1. The van der Waals surface area contributed by atoms with Crippen LogP contribution < -0.4 is 0 Å². The summed E-state index contributed by atoms with van der Waals surface area (Å²) in [4.78, 5) is 27.3. The number of thioether (sulfide) groups is 1. The average molecular weight is 491 g/mol. The Balaban J connectivity index is 1.50. The highest BCUT2D eigenvalue weighted by Gasteiger charge is 2.35. The molecule has 0 radical (unpaired) electrons. The molecular formula is C27H20ClFN2O2S. The van der Waals surface area contributed by atoms with E-state index in [9.17, 15) is 14.0 Å². The monoisotopic (exact) mass is 490 g/mol. The minimum Gasteiger partial charge on any atom is -0.340 e. The zero-order valence-corrected chi connectivity index (χ0v) is 19.9. The predicted octanol–water partition coefficient (Wildman–Crippen LogP) is 7.03. The van der Waals surface area contributed by atoms with Crippen LogP contribution in [0, 0.1) is 12.7 Å². The van der Waals surface area contributed by atoms with Gasteiger partial charge in [-0.15, -0.1) is 0 Å². The van der Waals surface area contributed by atoms with Gasteiger partial charge in [0.2, 0.25) is 0 Å². The Morgan fingerprint density at radius 3 is 2.47 bits per heavy atom. The standard InChI is InChI=1S/C27H20ClFN2O2S/c1-17-22(21-9-5-6-10-24(21)30(17)15-18-7-3-2-4-8-18)14-25-26(32)31(27(33)34-25)16-19-11-12-20(29)13-23(19)28/h2-14H,15-16H2,1H3/b25-14+. The molecule has 1 aromatic heterocycles. The van der Waals surface area contributed by atoms with Gasteiger partial charge in [0.05, 0.1) is 11.4 Å². The van der Waals surface area contributed by atoms with Gasteiger partial charge >= 0.3 is 0 Å². The van der Waals surface area contributed by atoms with E-state index in [4.69, 9.17) is 11.6 Å². The third-order valence-corrected chi connectivity index (χ3v) is 7.22. The van der Waals surface area contributed by atoms with E-state index in [0.717, 1.165) is 38.8 Å². The van der Waals surface area contributed by atoms with Crippen LogP contribution in [0.3, 0.4) is 0 Å². The number of hydrogen-bond acceptors (Lipinski definition) is 3. The summed E-state index contributed by atoms with van der Waals surface area (Å²) >= 11 is 7.02. The highest BCUT2D eigenvalue weighted by molar-refractivity contribution is 8.18. The molecule has 2 heterocycles. The first-order valence-corrected chi connectivity index (χ1v) is 11.9. The van der Waals surface area contributed by atoms with Crippen molar-refractivity contribution < 1.29 is 14.0 Å². The molecule has 0 saturated carbocycles. The van der Waals surface area contributed by atoms with Crippen molar-refractivity contribution in [3.8, 4) is 0 Å². The first-order chi connectivity index (χ1) is 16.4. The molecule has 1 fully saturated rings. The Kier molecular flexibility index (Phi) is 6.02. The molecule has 0 atom stereocenters. The fourth-order valence-corrected chi connectivity index (χ4v) is 5.24. The number of aromatic nitrogens is 1. The second kappa shape index (κ2) is 9.12. The van der Waals surface area contributed by atoms with E-state index in [1.165, 1.54) is 23.8 Å². The summed E-state index contributed by atoms with van der Waals surface area (Å²) in [6.07, 6.45) is 1.80. The van der Waals surface area contributed by atoms with Gasteiger partial charge in [-0.05, 0) is 54.1 Å². The summed E-state index contributed by atoms with van der Waals surface area (Å²) in [6.45, 7) is 2.72. The molecule has 1 aliphatic heterocycles. The third-order valence-electron chi connectivity index (χ3n) is 5.96. The van der Waals surface area contributed by atoms with Gasteiger partial charge < -0.3 is 4.57 Å². The molecule has 0 spiro atoms. The lowest BCUT2D eigenvalue weighted by molar-refractivity contribution is -0.123. The fraction of sp³-hybridized carbons (Fsp3) is 0.111. The summed E-state index contributed by atoms with van der Waals surface area (Å²) in [5, 5.41) is 0.828. The summed E-state index contributed by atoms with van der Waals surface area (Å²) in [5.41, 5.74) is 4.68. The smallest absolute Gasteiger partial charge is 0.293 e. The maximum atomic E-state index is 13.4. The SMILES string of the molecule is Cc1c(/C=C2/SC(=O)N(Cc3ccc(F)cc3Cl)C2=O)c2ccccc2n1Cc1ccccc1. The van der Waals surface area contributed by atoms with E-state index in [1.54, 1.807) is 6.08 Å². The number of rotatable bonds is 5. The number of carbonyl (C=O) groups excluding carboxylic acids is 2. The van der Waals surface area contributed by atoms with Crippen molar-refractivity contribution >= 4 is 51.5 Å². The van der Waals surface area contributed by atoms with Gasteiger partial charge in [0.1, 0.15) is 5.82 Å². The zero-order chi connectivity index (χ0) is 23.8. The lowest BCUT2D eigenvalue weighted by atomic mass is 10.1. The molecule has 1 aliphatic rings. The Morgan fingerprint density at radius 1 is 0.971 bits per heavy atom. The number of nitrogens with zero attached hydrogens (tertiary/aromatic N) is 2. The number of fused-ring (bicyclic) bond motifs is 1. The Morgan fingerprint density at radius 2 is 1.71 bits per heavy atom. The zero-order valence-electron chi connectivity index (χ0n) is 18.3. The fourth-order valence-electron chi connectivity index (χ4n) is 4.20. The van der Waals surface area contributed by atoms with Crippen LogP contribution in [0.1, 0.15) is 22.4 Å². The van der Waals surface area contributed by atoms with Gasteiger partial charge in [0.25, 0.3) is 11.1 Å². The first kappa shape index (κ1) is 22.4. The molecule has 3 aromatic carbocycles.